The van der Waals surface area contributed by atoms with Crippen molar-refractivity contribution in [3.8, 4) is 0 Å². The van der Waals surface area contributed by atoms with Gasteiger partial charge in [0.25, 0.3) is 0 Å². The molecular formula is C28H33N3O5. The number of β-amino-alcohol motifs (C(OH)–C–C–N with tert-alkyl or cyclic N) is 1. The monoisotopic (exact) mass is 491 g/mol. The quantitative estimate of drug-likeness (QED) is 0.576. The largest absolute Gasteiger partial charge is 0.395 e. The molecule has 2 bridgehead atoms. The molecule has 8 nitrogen and oxygen atoms in total. The zero-order chi connectivity index (χ0) is 25.8. The van der Waals surface area contributed by atoms with Crippen LogP contribution in [0, 0.1) is 31.6 Å². The average molecular weight is 492 g/mol. The molecular weight excluding hydrogens is 458 g/mol. The van der Waals surface area contributed by atoms with Crippen molar-refractivity contribution in [3.05, 3.63) is 59.7 Å². The molecule has 2 aromatic carbocycles. The van der Waals surface area contributed by atoms with E-state index in [2.05, 4.69) is 10.6 Å². The average Bonchev–Trinajstić information content (AvgIpc) is 3.34. The van der Waals surface area contributed by atoms with Gasteiger partial charge >= 0.3 is 0 Å². The maximum atomic E-state index is 13.9. The van der Waals surface area contributed by atoms with Crippen LogP contribution in [0.15, 0.2) is 48.5 Å². The minimum atomic E-state index is -1.15. The molecule has 3 unspecified atom stereocenters. The molecule has 3 N–H and O–H groups in total. The molecule has 3 aliphatic heterocycles. The first-order valence-corrected chi connectivity index (χ1v) is 12.5. The molecule has 1 spiro atoms. The predicted octanol–water partition coefficient (Wildman–Crippen LogP) is 2.88. The number of carbonyl (C=O) groups excluding carboxylic acids is 3. The number of aliphatic hydroxyl groups is 1. The zero-order valence-corrected chi connectivity index (χ0v) is 21.1. The Morgan fingerprint density at radius 1 is 1.06 bits per heavy atom. The van der Waals surface area contributed by atoms with Crippen LogP contribution in [0.5, 0.6) is 0 Å². The van der Waals surface area contributed by atoms with Crippen LogP contribution in [0.2, 0.25) is 0 Å². The summed E-state index contributed by atoms with van der Waals surface area (Å²) in [5.41, 5.74) is 1.10. The van der Waals surface area contributed by atoms with Crippen molar-refractivity contribution >= 4 is 29.1 Å². The van der Waals surface area contributed by atoms with E-state index in [9.17, 15) is 19.5 Å². The molecule has 5 rings (SSSR count). The van der Waals surface area contributed by atoms with Gasteiger partial charge < -0.3 is 25.4 Å². The van der Waals surface area contributed by atoms with Gasteiger partial charge in [0.2, 0.25) is 17.7 Å². The number of aliphatic hydroxyl groups excluding tert-OH is 1. The molecule has 2 aromatic rings. The lowest BCUT2D eigenvalue weighted by Gasteiger charge is -2.36. The lowest BCUT2D eigenvalue weighted by Crippen LogP contribution is -2.54. The van der Waals surface area contributed by atoms with E-state index in [0.29, 0.717) is 17.8 Å². The van der Waals surface area contributed by atoms with Crippen molar-refractivity contribution in [2.45, 2.75) is 51.4 Å². The van der Waals surface area contributed by atoms with Crippen LogP contribution in [0.1, 0.15) is 31.4 Å². The number of nitrogens with zero attached hydrogens (tertiary/aromatic N) is 1. The smallest absolute Gasteiger partial charge is 0.250 e. The van der Waals surface area contributed by atoms with Crippen molar-refractivity contribution in [2.75, 3.05) is 23.8 Å². The Hall–Kier alpha value is -3.23. The molecule has 3 saturated heterocycles. The lowest BCUT2D eigenvalue weighted by atomic mass is 9.62. The van der Waals surface area contributed by atoms with Crippen molar-refractivity contribution in [1.82, 2.24) is 4.90 Å². The number of amides is 3. The van der Waals surface area contributed by atoms with Gasteiger partial charge in [-0.25, -0.2) is 0 Å². The normalized spacial score (nSPS) is 32.5. The van der Waals surface area contributed by atoms with Crippen molar-refractivity contribution in [1.29, 1.82) is 0 Å². The number of fused-ring (bicyclic) bond motifs is 1. The Bertz CT molecular complexity index is 1200. The van der Waals surface area contributed by atoms with Gasteiger partial charge in [0.15, 0.2) is 0 Å². The van der Waals surface area contributed by atoms with Crippen LogP contribution >= 0.6 is 0 Å². The summed E-state index contributed by atoms with van der Waals surface area (Å²) in [5, 5.41) is 15.8. The third-order valence-corrected chi connectivity index (χ3v) is 8.46. The summed E-state index contributed by atoms with van der Waals surface area (Å²) in [7, 11) is 0. The summed E-state index contributed by atoms with van der Waals surface area (Å²) in [5.74, 6) is -2.63. The van der Waals surface area contributed by atoms with Crippen LogP contribution in [-0.4, -0.2) is 58.1 Å². The van der Waals surface area contributed by atoms with E-state index in [4.69, 9.17) is 4.74 Å². The fraction of sp³-hybridized carbons (Fsp3) is 0.464. The van der Waals surface area contributed by atoms with Crippen molar-refractivity contribution < 1.29 is 24.2 Å². The Kier molecular flexibility index (Phi) is 5.92. The third kappa shape index (κ3) is 3.46. The van der Waals surface area contributed by atoms with Crippen molar-refractivity contribution in [2.24, 2.45) is 17.8 Å². The molecule has 0 aromatic heterocycles. The number of para-hydroxylation sites is 2. The first-order chi connectivity index (χ1) is 17.1. The van der Waals surface area contributed by atoms with E-state index in [0.717, 1.165) is 11.1 Å². The van der Waals surface area contributed by atoms with E-state index in [1.807, 2.05) is 64.1 Å². The second-order valence-electron chi connectivity index (χ2n) is 10.6. The minimum Gasteiger partial charge on any atom is -0.395 e. The number of hydrogen-bond acceptors (Lipinski definition) is 5. The highest BCUT2D eigenvalue weighted by Gasteiger charge is 2.79. The van der Waals surface area contributed by atoms with E-state index >= 15 is 0 Å². The highest BCUT2D eigenvalue weighted by atomic mass is 16.5. The fourth-order valence-electron chi connectivity index (χ4n) is 6.73. The van der Waals surface area contributed by atoms with Crippen LogP contribution in [0.4, 0.5) is 11.4 Å². The topological polar surface area (TPSA) is 108 Å². The molecule has 3 aliphatic rings. The molecule has 0 saturated carbocycles. The van der Waals surface area contributed by atoms with Gasteiger partial charge in [-0.3, -0.25) is 14.4 Å². The summed E-state index contributed by atoms with van der Waals surface area (Å²) in [4.78, 5) is 42.8. The summed E-state index contributed by atoms with van der Waals surface area (Å²) in [6.07, 6.45) is 0.474. The van der Waals surface area contributed by atoms with E-state index in [-0.39, 0.29) is 36.8 Å². The molecule has 190 valence electrons. The van der Waals surface area contributed by atoms with E-state index in [1.165, 1.54) is 4.90 Å². The molecule has 8 heteroatoms. The Balaban J connectivity index is 1.54. The maximum Gasteiger partial charge on any atom is 0.250 e. The predicted molar refractivity (Wildman–Crippen MR) is 135 cm³/mol. The number of ether oxygens (including phenoxy) is 1. The lowest BCUT2D eigenvalue weighted by molar-refractivity contribution is -0.144. The number of hydrogen-bond donors (Lipinski definition) is 3. The number of carbonyl (C=O) groups is 3. The second-order valence-corrected chi connectivity index (χ2v) is 10.6. The van der Waals surface area contributed by atoms with Gasteiger partial charge in [0.05, 0.1) is 24.0 Å². The molecule has 3 fully saturated rings. The summed E-state index contributed by atoms with van der Waals surface area (Å²) < 4.78 is 6.67. The first-order valence-electron chi connectivity index (χ1n) is 12.5. The van der Waals surface area contributed by atoms with Crippen LogP contribution in [0.3, 0.4) is 0 Å². The molecule has 3 amide bonds. The highest BCUT2D eigenvalue weighted by Crippen LogP contribution is 2.65. The van der Waals surface area contributed by atoms with E-state index in [1.54, 1.807) is 12.1 Å². The first kappa shape index (κ1) is 24.5. The molecule has 36 heavy (non-hydrogen) atoms. The van der Waals surface area contributed by atoms with E-state index < -0.39 is 29.1 Å². The van der Waals surface area contributed by atoms with Gasteiger partial charge in [0.1, 0.15) is 11.6 Å². The minimum absolute atomic E-state index is 0.0105. The molecule has 3 heterocycles. The van der Waals surface area contributed by atoms with Crippen LogP contribution in [-0.2, 0) is 19.1 Å². The van der Waals surface area contributed by atoms with Crippen LogP contribution in [0.25, 0.3) is 0 Å². The maximum absolute atomic E-state index is 13.9. The second kappa shape index (κ2) is 8.71. The SMILES string of the molecule is Cc1cccc(C)c1NC(=O)C1N(CCO)C(=O)[C@@H]2[C@@H](C(=O)Nc3ccccc3)[C@]3(C)OC12CC3C. The third-order valence-electron chi connectivity index (χ3n) is 8.46. The molecule has 0 aliphatic carbocycles. The van der Waals surface area contributed by atoms with Crippen LogP contribution < -0.4 is 10.6 Å². The highest BCUT2D eigenvalue weighted by molar-refractivity contribution is 6.05. The number of nitrogens with one attached hydrogen (secondary N) is 2. The summed E-state index contributed by atoms with van der Waals surface area (Å²) in [6.45, 7) is 7.41. The van der Waals surface area contributed by atoms with Gasteiger partial charge in [0, 0.05) is 17.9 Å². The number of likely N-dealkylation sites (tertiary alicyclic amines) is 1. The van der Waals surface area contributed by atoms with Gasteiger partial charge in [-0.1, -0.05) is 43.3 Å². The number of rotatable bonds is 6. The van der Waals surface area contributed by atoms with Gasteiger partial charge in [-0.05, 0) is 56.4 Å². The zero-order valence-electron chi connectivity index (χ0n) is 21.1. The number of anilines is 2. The fourth-order valence-corrected chi connectivity index (χ4v) is 6.73. The molecule has 6 atom stereocenters. The van der Waals surface area contributed by atoms with Gasteiger partial charge in [-0.2, -0.15) is 0 Å². The molecule has 0 radical (unpaired) electrons. The Morgan fingerprint density at radius 3 is 2.36 bits per heavy atom. The standard InChI is InChI=1S/C28H33N3O5/c1-16-9-8-10-17(2)22(16)30-25(34)23-28-15-18(3)27(4,36-28)20(21(28)26(35)31(23)13-14-32)24(33)29-19-11-6-5-7-12-19/h5-12,18,20-21,23,32H,13-15H2,1-4H3,(H,29,33)(H,30,34)/t18?,20-,21-,23?,27+,28?/m0/s1. The number of benzene rings is 2. The number of aryl methyl sites for hydroxylation is 2. The Morgan fingerprint density at radius 2 is 1.72 bits per heavy atom. The van der Waals surface area contributed by atoms with Crippen molar-refractivity contribution in [3.63, 3.8) is 0 Å². The Labute approximate surface area is 211 Å². The summed E-state index contributed by atoms with van der Waals surface area (Å²) >= 11 is 0. The summed E-state index contributed by atoms with van der Waals surface area (Å²) in [6, 6.07) is 13.9. The van der Waals surface area contributed by atoms with Gasteiger partial charge in [-0.15, -0.1) is 0 Å².